The van der Waals surface area contributed by atoms with Crippen molar-refractivity contribution in [2.24, 2.45) is 5.92 Å². The van der Waals surface area contributed by atoms with Crippen LogP contribution in [0.3, 0.4) is 0 Å². The molecule has 106 valence electrons. The molecule has 0 radical (unpaired) electrons. The third-order valence-electron chi connectivity index (χ3n) is 3.49. The molecule has 0 fully saturated rings. The van der Waals surface area contributed by atoms with Crippen molar-refractivity contribution in [3.05, 3.63) is 22.5 Å². The van der Waals surface area contributed by atoms with Gasteiger partial charge in [0.2, 0.25) is 0 Å². The molecule has 1 atom stereocenters. The molecule has 1 aromatic heterocycles. The lowest BCUT2D eigenvalue weighted by Crippen LogP contribution is -2.31. The Morgan fingerprint density at radius 1 is 1.37 bits per heavy atom. The standard InChI is InChI=1S/C14H22N2O3/c1-6-8(2)7-16(5)13(17)11-9(3)12(14(18)19)15-10(11)4/h8,15H,6-7H2,1-5H3,(H,18,19). The van der Waals surface area contributed by atoms with Crippen LogP contribution in [0.2, 0.25) is 0 Å². The summed E-state index contributed by atoms with van der Waals surface area (Å²) in [7, 11) is 1.75. The normalized spacial score (nSPS) is 12.3. The second kappa shape index (κ2) is 5.91. The molecule has 2 N–H and O–H groups in total. The predicted molar refractivity (Wildman–Crippen MR) is 73.6 cm³/mol. The number of carbonyl (C=O) groups is 2. The molecule has 0 aliphatic heterocycles. The van der Waals surface area contributed by atoms with Crippen LogP contribution in [0.15, 0.2) is 0 Å². The molecule has 0 saturated heterocycles. The number of hydrogen-bond acceptors (Lipinski definition) is 2. The van der Waals surface area contributed by atoms with Gasteiger partial charge in [0, 0.05) is 19.3 Å². The fraction of sp³-hybridized carbons (Fsp3) is 0.571. The number of hydrogen-bond donors (Lipinski definition) is 2. The molecular formula is C14H22N2O3. The minimum atomic E-state index is -1.04. The van der Waals surface area contributed by atoms with E-state index in [9.17, 15) is 9.59 Å². The Morgan fingerprint density at radius 3 is 2.37 bits per heavy atom. The number of nitrogens with zero attached hydrogens (tertiary/aromatic N) is 1. The molecule has 0 saturated carbocycles. The first kappa shape index (κ1) is 15.3. The number of aromatic amines is 1. The molecule has 0 spiro atoms. The van der Waals surface area contributed by atoms with Crippen molar-refractivity contribution in [3.63, 3.8) is 0 Å². The molecule has 1 rings (SSSR count). The van der Waals surface area contributed by atoms with Gasteiger partial charge < -0.3 is 15.0 Å². The van der Waals surface area contributed by atoms with Crippen LogP contribution in [0, 0.1) is 19.8 Å². The minimum absolute atomic E-state index is 0.0952. The first-order valence-electron chi connectivity index (χ1n) is 6.47. The van der Waals surface area contributed by atoms with Crippen molar-refractivity contribution in [1.29, 1.82) is 0 Å². The second-order valence-corrected chi connectivity index (χ2v) is 5.13. The van der Waals surface area contributed by atoms with Gasteiger partial charge in [0.25, 0.3) is 5.91 Å². The van der Waals surface area contributed by atoms with Crippen molar-refractivity contribution in [2.75, 3.05) is 13.6 Å². The highest BCUT2D eigenvalue weighted by atomic mass is 16.4. The molecule has 1 unspecified atom stereocenters. The first-order valence-corrected chi connectivity index (χ1v) is 6.47. The number of rotatable bonds is 5. The molecule has 1 aromatic rings. The van der Waals surface area contributed by atoms with Crippen LogP contribution in [-0.4, -0.2) is 40.5 Å². The number of aromatic nitrogens is 1. The fourth-order valence-electron chi connectivity index (χ4n) is 2.16. The molecule has 5 heteroatoms. The molecule has 1 heterocycles. The highest BCUT2D eigenvalue weighted by molar-refractivity contribution is 6.00. The SMILES string of the molecule is CCC(C)CN(C)C(=O)c1c(C)[nH]c(C(=O)O)c1C. The van der Waals surface area contributed by atoms with E-state index in [1.165, 1.54) is 0 Å². The largest absolute Gasteiger partial charge is 0.477 e. The zero-order chi connectivity index (χ0) is 14.7. The topological polar surface area (TPSA) is 73.4 Å². The Kier molecular flexibility index (Phi) is 4.75. The highest BCUT2D eigenvalue weighted by Crippen LogP contribution is 2.20. The van der Waals surface area contributed by atoms with Crippen molar-refractivity contribution < 1.29 is 14.7 Å². The van der Waals surface area contributed by atoms with Gasteiger partial charge in [-0.15, -0.1) is 0 Å². The van der Waals surface area contributed by atoms with Crippen molar-refractivity contribution in [3.8, 4) is 0 Å². The van der Waals surface area contributed by atoms with Crippen LogP contribution in [0.25, 0.3) is 0 Å². The Balaban J connectivity index is 3.03. The van der Waals surface area contributed by atoms with Gasteiger partial charge >= 0.3 is 5.97 Å². The predicted octanol–water partition coefficient (Wildman–Crippen LogP) is 2.45. The van der Waals surface area contributed by atoms with E-state index in [0.717, 1.165) is 6.42 Å². The van der Waals surface area contributed by atoms with Gasteiger partial charge in [-0.3, -0.25) is 4.79 Å². The van der Waals surface area contributed by atoms with Crippen molar-refractivity contribution in [1.82, 2.24) is 9.88 Å². The van der Waals surface area contributed by atoms with Crippen LogP contribution in [0.1, 0.15) is 52.4 Å². The maximum Gasteiger partial charge on any atom is 0.352 e. The van der Waals surface area contributed by atoms with E-state index in [1.807, 2.05) is 0 Å². The van der Waals surface area contributed by atoms with E-state index in [0.29, 0.717) is 29.3 Å². The van der Waals surface area contributed by atoms with Crippen LogP contribution in [-0.2, 0) is 0 Å². The summed E-state index contributed by atoms with van der Waals surface area (Å²) in [6, 6.07) is 0. The van der Waals surface area contributed by atoms with E-state index >= 15 is 0 Å². The minimum Gasteiger partial charge on any atom is -0.477 e. The Hall–Kier alpha value is -1.78. The Bertz CT molecular complexity index is 491. The Morgan fingerprint density at radius 2 is 1.95 bits per heavy atom. The lowest BCUT2D eigenvalue weighted by molar-refractivity contribution is 0.0690. The van der Waals surface area contributed by atoms with Crippen molar-refractivity contribution >= 4 is 11.9 Å². The molecule has 0 bridgehead atoms. The summed E-state index contributed by atoms with van der Waals surface area (Å²) in [4.78, 5) is 27.9. The van der Waals surface area contributed by atoms with E-state index in [-0.39, 0.29) is 11.6 Å². The summed E-state index contributed by atoms with van der Waals surface area (Å²) < 4.78 is 0. The average Bonchev–Trinajstić information content (AvgIpc) is 2.63. The number of H-pyrrole nitrogens is 1. The van der Waals surface area contributed by atoms with E-state index in [4.69, 9.17) is 5.11 Å². The summed E-state index contributed by atoms with van der Waals surface area (Å²) in [5.74, 6) is -0.740. The van der Waals surface area contributed by atoms with Crippen LogP contribution < -0.4 is 0 Å². The smallest absolute Gasteiger partial charge is 0.352 e. The summed E-state index contributed by atoms with van der Waals surface area (Å²) in [5.41, 5.74) is 1.68. The van der Waals surface area contributed by atoms with Gasteiger partial charge in [0.05, 0.1) is 5.56 Å². The number of aromatic carboxylic acids is 1. The second-order valence-electron chi connectivity index (χ2n) is 5.13. The lowest BCUT2D eigenvalue weighted by Gasteiger charge is -2.21. The highest BCUT2D eigenvalue weighted by Gasteiger charge is 2.24. The number of carboxylic acid groups (broad SMARTS) is 1. The number of aryl methyl sites for hydroxylation is 1. The molecule has 0 aliphatic rings. The van der Waals surface area contributed by atoms with Gasteiger partial charge in [0.1, 0.15) is 5.69 Å². The van der Waals surface area contributed by atoms with Crippen LogP contribution in [0.5, 0.6) is 0 Å². The third kappa shape index (κ3) is 3.16. The third-order valence-corrected chi connectivity index (χ3v) is 3.49. The molecule has 5 nitrogen and oxygen atoms in total. The summed E-state index contributed by atoms with van der Waals surface area (Å²) >= 11 is 0. The molecule has 0 aromatic carbocycles. The molecule has 0 aliphatic carbocycles. The van der Waals surface area contributed by atoms with Crippen molar-refractivity contribution in [2.45, 2.75) is 34.1 Å². The van der Waals surface area contributed by atoms with Crippen LogP contribution in [0.4, 0.5) is 0 Å². The summed E-state index contributed by atoms with van der Waals surface area (Å²) in [6.07, 6.45) is 1.00. The zero-order valence-corrected chi connectivity index (χ0v) is 12.2. The molecule has 19 heavy (non-hydrogen) atoms. The zero-order valence-electron chi connectivity index (χ0n) is 12.2. The van der Waals surface area contributed by atoms with Crippen LogP contribution >= 0.6 is 0 Å². The van der Waals surface area contributed by atoms with Gasteiger partial charge in [-0.05, 0) is 25.3 Å². The summed E-state index contributed by atoms with van der Waals surface area (Å²) in [6.45, 7) is 8.23. The van der Waals surface area contributed by atoms with Gasteiger partial charge in [-0.2, -0.15) is 0 Å². The Labute approximate surface area is 113 Å². The number of carbonyl (C=O) groups excluding carboxylic acids is 1. The lowest BCUT2D eigenvalue weighted by atomic mass is 10.1. The molecular weight excluding hydrogens is 244 g/mol. The van der Waals surface area contributed by atoms with E-state index in [2.05, 4.69) is 18.8 Å². The maximum absolute atomic E-state index is 12.4. The van der Waals surface area contributed by atoms with Gasteiger partial charge in [-0.1, -0.05) is 20.3 Å². The molecule has 1 amide bonds. The summed E-state index contributed by atoms with van der Waals surface area (Å²) in [5, 5.41) is 9.05. The maximum atomic E-state index is 12.4. The average molecular weight is 266 g/mol. The quantitative estimate of drug-likeness (QED) is 0.859. The first-order chi connectivity index (χ1) is 8.79. The number of carboxylic acids is 1. The van der Waals surface area contributed by atoms with E-state index in [1.54, 1.807) is 25.8 Å². The van der Waals surface area contributed by atoms with E-state index < -0.39 is 5.97 Å². The number of amides is 1. The number of nitrogens with one attached hydrogen (secondary N) is 1. The van der Waals surface area contributed by atoms with Gasteiger partial charge in [-0.25, -0.2) is 4.79 Å². The monoisotopic (exact) mass is 266 g/mol. The fourth-order valence-corrected chi connectivity index (χ4v) is 2.16. The van der Waals surface area contributed by atoms with Gasteiger partial charge in [0.15, 0.2) is 0 Å².